The molecule has 0 radical (unpaired) electrons. The largest absolute Gasteiger partial charge is 0.297 e. The second kappa shape index (κ2) is 6.95. The summed E-state index contributed by atoms with van der Waals surface area (Å²) in [6.45, 7) is 5.68. The molecule has 0 bridgehead atoms. The van der Waals surface area contributed by atoms with Crippen molar-refractivity contribution in [3.8, 4) is 6.07 Å². The van der Waals surface area contributed by atoms with Gasteiger partial charge in [0.25, 0.3) is 0 Å². The third-order valence-corrected chi connectivity index (χ3v) is 3.23. The summed E-state index contributed by atoms with van der Waals surface area (Å²) in [5.74, 6) is 0. The van der Waals surface area contributed by atoms with Gasteiger partial charge in [-0.2, -0.15) is 5.26 Å². The Balaban J connectivity index is 1.73. The molecule has 2 rings (SSSR count). The molecule has 1 heterocycles. The van der Waals surface area contributed by atoms with Crippen molar-refractivity contribution >= 4 is 6.08 Å². The van der Waals surface area contributed by atoms with Crippen molar-refractivity contribution in [2.45, 2.75) is 0 Å². The van der Waals surface area contributed by atoms with Crippen LogP contribution in [0.4, 0.5) is 0 Å². The molecule has 0 spiro atoms. The Hall–Kier alpha value is -1.63. The molecule has 94 valence electrons. The van der Waals surface area contributed by atoms with Crippen molar-refractivity contribution in [2.24, 2.45) is 0 Å². The van der Waals surface area contributed by atoms with Crippen LogP contribution >= 0.6 is 0 Å². The quantitative estimate of drug-likeness (QED) is 0.754. The molecule has 18 heavy (non-hydrogen) atoms. The highest BCUT2D eigenvalue weighted by atomic mass is 15.3. The first kappa shape index (κ1) is 12.8. The van der Waals surface area contributed by atoms with Gasteiger partial charge < -0.3 is 0 Å². The predicted octanol–water partition coefficient (Wildman–Crippen LogP) is 1.84. The molecular formula is C15H19N3. The summed E-state index contributed by atoms with van der Waals surface area (Å²) in [6, 6.07) is 12.6. The Bertz CT molecular complexity index is 411. The van der Waals surface area contributed by atoms with Crippen LogP contribution in [0.2, 0.25) is 0 Å². The van der Waals surface area contributed by atoms with Gasteiger partial charge >= 0.3 is 0 Å². The van der Waals surface area contributed by atoms with Gasteiger partial charge in [0.2, 0.25) is 0 Å². The van der Waals surface area contributed by atoms with Gasteiger partial charge in [0, 0.05) is 32.7 Å². The number of nitrogens with zero attached hydrogens (tertiary/aromatic N) is 3. The lowest BCUT2D eigenvalue weighted by atomic mass is 10.2. The Kier molecular flexibility index (Phi) is 4.95. The van der Waals surface area contributed by atoms with Crippen molar-refractivity contribution in [3.63, 3.8) is 0 Å². The zero-order valence-electron chi connectivity index (χ0n) is 10.6. The smallest absolute Gasteiger partial charge is 0.0866 e. The molecule has 0 aliphatic carbocycles. The summed E-state index contributed by atoms with van der Waals surface area (Å²) >= 11 is 0. The first-order valence-electron chi connectivity index (χ1n) is 6.42. The van der Waals surface area contributed by atoms with Crippen molar-refractivity contribution in [1.29, 1.82) is 5.26 Å². The summed E-state index contributed by atoms with van der Waals surface area (Å²) in [4.78, 5) is 4.63. The number of piperazine rings is 1. The molecule has 0 saturated carbocycles. The van der Waals surface area contributed by atoms with E-state index in [0.717, 1.165) is 32.7 Å². The maximum atomic E-state index is 8.64. The van der Waals surface area contributed by atoms with Crippen LogP contribution in [0.3, 0.4) is 0 Å². The van der Waals surface area contributed by atoms with Gasteiger partial charge in [-0.1, -0.05) is 42.5 Å². The molecule has 0 N–H and O–H groups in total. The number of rotatable bonds is 4. The SMILES string of the molecule is N#CCN1CCN(CC=Cc2ccccc2)CC1. The van der Waals surface area contributed by atoms with E-state index in [9.17, 15) is 0 Å². The van der Waals surface area contributed by atoms with E-state index >= 15 is 0 Å². The molecule has 1 aromatic rings. The molecule has 0 unspecified atom stereocenters. The zero-order chi connectivity index (χ0) is 12.6. The molecule has 0 amide bonds. The lowest BCUT2D eigenvalue weighted by molar-refractivity contribution is 0.155. The van der Waals surface area contributed by atoms with Gasteiger partial charge in [-0.15, -0.1) is 0 Å². The van der Waals surface area contributed by atoms with Gasteiger partial charge in [0.05, 0.1) is 12.6 Å². The third-order valence-electron chi connectivity index (χ3n) is 3.23. The monoisotopic (exact) mass is 241 g/mol. The van der Waals surface area contributed by atoms with Gasteiger partial charge in [-0.25, -0.2) is 0 Å². The van der Waals surface area contributed by atoms with E-state index in [1.807, 2.05) is 6.07 Å². The number of nitriles is 1. The minimum Gasteiger partial charge on any atom is -0.297 e. The van der Waals surface area contributed by atoms with Crippen molar-refractivity contribution in [2.75, 3.05) is 39.3 Å². The highest BCUT2D eigenvalue weighted by molar-refractivity contribution is 5.48. The fourth-order valence-corrected chi connectivity index (χ4v) is 2.13. The molecule has 0 atom stereocenters. The van der Waals surface area contributed by atoms with Crippen molar-refractivity contribution in [1.82, 2.24) is 9.80 Å². The maximum Gasteiger partial charge on any atom is 0.0866 e. The molecule has 1 aliphatic heterocycles. The first-order chi connectivity index (χ1) is 8.88. The van der Waals surface area contributed by atoms with Gasteiger partial charge in [0.15, 0.2) is 0 Å². The van der Waals surface area contributed by atoms with Gasteiger partial charge in [-0.3, -0.25) is 9.80 Å². The van der Waals surface area contributed by atoms with E-state index in [1.165, 1.54) is 5.56 Å². The molecule has 1 aromatic carbocycles. The summed E-state index contributed by atoms with van der Waals surface area (Å²) in [7, 11) is 0. The highest BCUT2D eigenvalue weighted by Crippen LogP contribution is 2.04. The predicted molar refractivity (Wildman–Crippen MR) is 74.0 cm³/mol. The minimum absolute atomic E-state index is 0.563. The van der Waals surface area contributed by atoms with E-state index in [2.05, 4.69) is 52.3 Å². The Morgan fingerprint density at radius 1 is 1.06 bits per heavy atom. The van der Waals surface area contributed by atoms with E-state index in [4.69, 9.17) is 5.26 Å². The average molecular weight is 241 g/mol. The molecule has 1 saturated heterocycles. The second-order valence-electron chi connectivity index (χ2n) is 4.55. The van der Waals surface area contributed by atoms with E-state index in [-0.39, 0.29) is 0 Å². The van der Waals surface area contributed by atoms with Gasteiger partial charge in [-0.05, 0) is 5.56 Å². The van der Waals surface area contributed by atoms with Crippen LogP contribution in [0.5, 0.6) is 0 Å². The van der Waals surface area contributed by atoms with Crippen LogP contribution in [-0.4, -0.2) is 49.1 Å². The highest BCUT2D eigenvalue weighted by Gasteiger charge is 2.14. The molecule has 3 heteroatoms. The third kappa shape index (κ3) is 3.99. The zero-order valence-corrected chi connectivity index (χ0v) is 10.6. The number of benzene rings is 1. The van der Waals surface area contributed by atoms with Gasteiger partial charge in [0.1, 0.15) is 0 Å². The standard InChI is InChI=1S/C15H19N3/c16-8-10-18-13-11-17(12-14-18)9-4-7-15-5-2-1-3-6-15/h1-7H,9-14H2. The van der Waals surface area contributed by atoms with Crippen LogP contribution in [0.25, 0.3) is 6.08 Å². The van der Waals surface area contributed by atoms with E-state index in [0.29, 0.717) is 6.54 Å². The van der Waals surface area contributed by atoms with Crippen LogP contribution in [0.15, 0.2) is 36.4 Å². The van der Waals surface area contributed by atoms with Crippen molar-refractivity contribution < 1.29 is 0 Å². The minimum atomic E-state index is 0.563. The number of hydrogen-bond donors (Lipinski definition) is 0. The topological polar surface area (TPSA) is 30.3 Å². The van der Waals surface area contributed by atoms with Crippen LogP contribution < -0.4 is 0 Å². The lowest BCUT2D eigenvalue weighted by Gasteiger charge is -2.32. The molecule has 0 aromatic heterocycles. The van der Waals surface area contributed by atoms with Crippen molar-refractivity contribution in [3.05, 3.63) is 42.0 Å². The Labute approximate surface area is 109 Å². The second-order valence-corrected chi connectivity index (χ2v) is 4.55. The van der Waals surface area contributed by atoms with E-state index in [1.54, 1.807) is 0 Å². The normalized spacial score (nSPS) is 17.9. The lowest BCUT2D eigenvalue weighted by Crippen LogP contribution is -2.46. The summed E-state index contributed by atoms with van der Waals surface area (Å²) in [5, 5.41) is 8.64. The first-order valence-corrected chi connectivity index (χ1v) is 6.42. The van der Waals surface area contributed by atoms with Crippen LogP contribution in [-0.2, 0) is 0 Å². The fourth-order valence-electron chi connectivity index (χ4n) is 2.13. The average Bonchev–Trinajstić information content (AvgIpc) is 2.42. The van der Waals surface area contributed by atoms with Crippen LogP contribution in [0, 0.1) is 11.3 Å². The maximum absolute atomic E-state index is 8.64. The summed E-state index contributed by atoms with van der Waals surface area (Å²) < 4.78 is 0. The van der Waals surface area contributed by atoms with Crippen LogP contribution in [0.1, 0.15) is 5.56 Å². The Morgan fingerprint density at radius 3 is 2.39 bits per heavy atom. The number of hydrogen-bond acceptors (Lipinski definition) is 3. The molecular weight excluding hydrogens is 222 g/mol. The summed E-state index contributed by atoms with van der Waals surface area (Å²) in [6.07, 6.45) is 4.39. The fraction of sp³-hybridized carbons (Fsp3) is 0.400. The molecule has 1 aliphatic rings. The Morgan fingerprint density at radius 2 is 1.72 bits per heavy atom. The summed E-state index contributed by atoms with van der Waals surface area (Å²) in [5.41, 5.74) is 1.25. The van der Waals surface area contributed by atoms with E-state index < -0.39 is 0 Å². The molecule has 3 nitrogen and oxygen atoms in total. The molecule has 1 fully saturated rings.